The van der Waals surface area contributed by atoms with Crippen molar-refractivity contribution >= 4 is 12.0 Å². The third-order valence-corrected chi connectivity index (χ3v) is 4.46. The van der Waals surface area contributed by atoms with Crippen molar-refractivity contribution in [3.05, 3.63) is 35.4 Å². The topological polar surface area (TPSA) is 88.1 Å². The van der Waals surface area contributed by atoms with Crippen LogP contribution in [0.25, 0.3) is 0 Å². The summed E-state index contributed by atoms with van der Waals surface area (Å²) in [5, 5.41) is 12.1. The molecule has 144 valence electrons. The Morgan fingerprint density at radius 2 is 1.88 bits per heavy atom. The minimum atomic E-state index is -0.836. The highest BCUT2D eigenvalue weighted by atomic mass is 16.5. The maximum absolute atomic E-state index is 12.3. The van der Waals surface area contributed by atoms with E-state index in [1.165, 1.54) is 0 Å². The molecule has 0 saturated carbocycles. The molecule has 2 atom stereocenters. The van der Waals surface area contributed by atoms with Crippen molar-refractivity contribution in [1.29, 1.82) is 0 Å². The van der Waals surface area contributed by atoms with Crippen LogP contribution in [0.3, 0.4) is 0 Å². The van der Waals surface area contributed by atoms with Gasteiger partial charge in [0.15, 0.2) is 0 Å². The molecule has 0 radical (unpaired) electrons. The maximum atomic E-state index is 12.3. The first-order valence-electron chi connectivity index (χ1n) is 8.89. The van der Waals surface area contributed by atoms with Crippen molar-refractivity contribution in [2.75, 3.05) is 33.4 Å². The molecule has 2 unspecified atom stereocenters. The number of ether oxygens (including phenoxy) is 2. The Morgan fingerprint density at radius 3 is 2.54 bits per heavy atom. The number of carboxylic acid groups (broad SMARTS) is 1. The Labute approximate surface area is 154 Å². The van der Waals surface area contributed by atoms with Crippen LogP contribution >= 0.6 is 0 Å². The zero-order valence-corrected chi connectivity index (χ0v) is 15.4. The second kappa shape index (κ2) is 10.1. The van der Waals surface area contributed by atoms with Gasteiger partial charge in [-0.05, 0) is 23.5 Å². The predicted octanol–water partition coefficient (Wildman–Crippen LogP) is 2.10. The van der Waals surface area contributed by atoms with Crippen LogP contribution in [0, 0.1) is 11.8 Å². The fourth-order valence-electron chi connectivity index (χ4n) is 3.07. The number of nitrogens with one attached hydrogen (secondary N) is 1. The largest absolute Gasteiger partial charge is 0.481 e. The molecule has 7 nitrogen and oxygen atoms in total. The van der Waals surface area contributed by atoms with Crippen LogP contribution in [-0.4, -0.2) is 55.4 Å². The van der Waals surface area contributed by atoms with Crippen LogP contribution in [0.1, 0.15) is 24.5 Å². The van der Waals surface area contributed by atoms with Crippen LogP contribution in [0.2, 0.25) is 0 Å². The molecule has 0 aromatic heterocycles. The SMILES string of the molecule is COCCOCc1ccc(CNC(=O)N2CC(C)CC(C(=O)O)C2)cc1. The zero-order valence-electron chi connectivity index (χ0n) is 15.4. The number of carbonyl (C=O) groups excluding carboxylic acids is 1. The van der Waals surface area contributed by atoms with E-state index in [-0.39, 0.29) is 18.5 Å². The van der Waals surface area contributed by atoms with E-state index in [9.17, 15) is 14.7 Å². The van der Waals surface area contributed by atoms with Crippen molar-refractivity contribution in [2.45, 2.75) is 26.5 Å². The van der Waals surface area contributed by atoms with Gasteiger partial charge in [0, 0.05) is 26.7 Å². The van der Waals surface area contributed by atoms with E-state index >= 15 is 0 Å². The highest BCUT2D eigenvalue weighted by molar-refractivity contribution is 5.76. The monoisotopic (exact) mass is 364 g/mol. The Balaban J connectivity index is 1.78. The second-order valence-electron chi connectivity index (χ2n) is 6.80. The van der Waals surface area contributed by atoms with Gasteiger partial charge in [0.1, 0.15) is 0 Å². The highest BCUT2D eigenvalue weighted by Crippen LogP contribution is 2.21. The minimum absolute atomic E-state index is 0.188. The molecular formula is C19H28N2O5. The summed E-state index contributed by atoms with van der Waals surface area (Å²) in [6.45, 7) is 4.89. The average Bonchev–Trinajstić information content (AvgIpc) is 2.63. The number of piperidine rings is 1. The van der Waals surface area contributed by atoms with E-state index in [0.717, 1.165) is 11.1 Å². The lowest BCUT2D eigenvalue weighted by atomic mass is 9.91. The van der Waals surface area contributed by atoms with E-state index < -0.39 is 11.9 Å². The van der Waals surface area contributed by atoms with E-state index in [1.54, 1.807) is 12.0 Å². The van der Waals surface area contributed by atoms with Gasteiger partial charge < -0.3 is 24.8 Å². The Bertz CT molecular complexity index is 590. The van der Waals surface area contributed by atoms with E-state index in [2.05, 4.69) is 5.32 Å². The summed E-state index contributed by atoms with van der Waals surface area (Å²) in [6, 6.07) is 7.63. The molecule has 1 aromatic carbocycles. The van der Waals surface area contributed by atoms with Gasteiger partial charge >= 0.3 is 12.0 Å². The molecule has 1 heterocycles. The smallest absolute Gasteiger partial charge is 0.317 e. The quantitative estimate of drug-likeness (QED) is 0.690. The van der Waals surface area contributed by atoms with Crippen LogP contribution in [0.4, 0.5) is 4.79 Å². The summed E-state index contributed by atoms with van der Waals surface area (Å²) in [7, 11) is 1.64. The lowest BCUT2D eigenvalue weighted by Gasteiger charge is -2.34. The van der Waals surface area contributed by atoms with Crippen LogP contribution in [0.5, 0.6) is 0 Å². The van der Waals surface area contributed by atoms with Crippen molar-refractivity contribution in [3.8, 4) is 0 Å². The van der Waals surface area contributed by atoms with Gasteiger partial charge in [-0.2, -0.15) is 0 Å². The van der Waals surface area contributed by atoms with E-state index in [4.69, 9.17) is 9.47 Å². The number of nitrogens with zero attached hydrogens (tertiary/aromatic N) is 1. The molecule has 0 aliphatic carbocycles. The molecular weight excluding hydrogens is 336 g/mol. The molecule has 1 fully saturated rings. The molecule has 0 spiro atoms. The van der Waals surface area contributed by atoms with Crippen LogP contribution < -0.4 is 5.32 Å². The second-order valence-corrected chi connectivity index (χ2v) is 6.80. The fourth-order valence-corrected chi connectivity index (χ4v) is 3.07. The van der Waals surface area contributed by atoms with Gasteiger partial charge in [-0.25, -0.2) is 4.79 Å². The molecule has 1 saturated heterocycles. The first kappa shape index (κ1) is 20.2. The lowest BCUT2D eigenvalue weighted by molar-refractivity contribution is -0.143. The molecule has 26 heavy (non-hydrogen) atoms. The lowest BCUT2D eigenvalue weighted by Crippen LogP contribution is -2.49. The molecule has 1 aromatic rings. The molecule has 1 aliphatic heterocycles. The summed E-state index contributed by atoms with van der Waals surface area (Å²) in [4.78, 5) is 25.2. The number of aliphatic carboxylic acids is 1. The first-order chi connectivity index (χ1) is 12.5. The Morgan fingerprint density at radius 1 is 1.19 bits per heavy atom. The summed E-state index contributed by atoms with van der Waals surface area (Å²) in [5.74, 6) is -1.13. The standard InChI is InChI=1S/C19H28N2O5/c1-14-9-17(18(22)23)12-21(11-14)19(24)20-10-15-3-5-16(6-4-15)13-26-8-7-25-2/h3-6,14,17H,7-13H2,1-2H3,(H,20,24)(H,22,23). The third-order valence-electron chi connectivity index (χ3n) is 4.46. The van der Waals surface area contributed by atoms with Gasteiger partial charge in [0.25, 0.3) is 0 Å². The number of hydrogen-bond acceptors (Lipinski definition) is 4. The molecule has 2 rings (SSSR count). The number of benzene rings is 1. The van der Waals surface area contributed by atoms with Crippen LogP contribution in [0.15, 0.2) is 24.3 Å². The number of urea groups is 1. The highest BCUT2D eigenvalue weighted by Gasteiger charge is 2.31. The van der Waals surface area contributed by atoms with Gasteiger partial charge in [0.2, 0.25) is 0 Å². The van der Waals surface area contributed by atoms with Crippen molar-refractivity contribution in [2.24, 2.45) is 11.8 Å². The Kier molecular flexibility index (Phi) is 7.87. The van der Waals surface area contributed by atoms with Crippen LogP contribution in [-0.2, 0) is 27.4 Å². The van der Waals surface area contributed by atoms with Gasteiger partial charge in [-0.3, -0.25) is 4.79 Å². The predicted molar refractivity (Wildman–Crippen MR) is 96.7 cm³/mol. The van der Waals surface area contributed by atoms with Gasteiger partial charge in [-0.1, -0.05) is 31.2 Å². The average molecular weight is 364 g/mol. The molecule has 7 heteroatoms. The van der Waals surface area contributed by atoms with E-state index in [0.29, 0.717) is 39.3 Å². The number of amides is 2. The number of hydrogen-bond donors (Lipinski definition) is 2. The summed E-state index contributed by atoms with van der Waals surface area (Å²) >= 11 is 0. The summed E-state index contributed by atoms with van der Waals surface area (Å²) in [6.07, 6.45) is 0.618. The van der Waals surface area contributed by atoms with Crippen molar-refractivity contribution in [1.82, 2.24) is 10.2 Å². The number of carboxylic acids is 1. The number of likely N-dealkylation sites (tertiary alicyclic amines) is 1. The van der Waals surface area contributed by atoms with Gasteiger partial charge in [0.05, 0.1) is 25.7 Å². The molecule has 2 amide bonds. The number of carbonyl (C=O) groups is 2. The van der Waals surface area contributed by atoms with Crippen molar-refractivity contribution < 1.29 is 24.2 Å². The number of methoxy groups -OCH3 is 1. The molecule has 1 aliphatic rings. The first-order valence-corrected chi connectivity index (χ1v) is 8.89. The summed E-state index contributed by atoms with van der Waals surface area (Å²) < 4.78 is 10.4. The maximum Gasteiger partial charge on any atom is 0.317 e. The zero-order chi connectivity index (χ0) is 18.9. The third kappa shape index (κ3) is 6.31. The van der Waals surface area contributed by atoms with Crippen molar-refractivity contribution in [3.63, 3.8) is 0 Å². The van der Waals surface area contributed by atoms with Gasteiger partial charge in [-0.15, -0.1) is 0 Å². The van der Waals surface area contributed by atoms with E-state index in [1.807, 2.05) is 31.2 Å². The number of rotatable bonds is 8. The minimum Gasteiger partial charge on any atom is -0.481 e. The fraction of sp³-hybridized carbons (Fsp3) is 0.579. The molecule has 2 N–H and O–H groups in total. The normalized spacial score (nSPS) is 20.0. The molecule has 0 bridgehead atoms. The summed E-state index contributed by atoms with van der Waals surface area (Å²) in [5.41, 5.74) is 2.05. The Hall–Kier alpha value is -2.12.